The van der Waals surface area contributed by atoms with E-state index in [1.54, 1.807) is 24.0 Å². The molecule has 3 aromatic rings. The van der Waals surface area contributed by atoms with E-state index < -0.39 is 22.7 Å². The number of rotatable bonds is 6. The van der Waals surface area contributed by atoms with Gasteiger partial charge in [-0.15, -0.1) is 0 Å². The van der Waals surface area contributed by atoms with Gasteiger partial charge in [0.25, 0.3) is 0 Å². The first-order valence-corrected chi connectivity index (χ1v) is 11.4. The normalized spacial score (nSPS) is 13.6. The molecule has 4 rings (SSSR count). The Hall–Kier alpha value is -3.30. The van der Waals surface area contributed by atoms with E-state index in [0.29, 0.717) is 0 Å². The number of nitrogens with one attached hydrogen (secondary N) is 2. The molecule has 1 aliphatic heterocycles. The van der Waals surface area contributed by atoms with Crippen LogP contribution in [0, 0.1) is 0 Å². The van der Waals surface area contributed by atoms with Crippen molar-refractivity contribution in [3.63, 3.8) is 0 Å². The van der Waals surface area contributed by atoms with Crippen molar-refractivity contribution in [3.8, 4) is 0 Å². The van der Waals surface area contributed by atoms with Gasteiger partial charge in [-0.3, -0.25) is 14.8 Å². The van der Waals surface area contributed by atoms with Crippen molar-refractivity contribution in [2.24, 2.45) is 4.99 Å². The quantitative estimate of drug-likeness (QED) is 0.411. The molecule has 0 saturated carbocycles. The smallest absolute Gasteiger partial charge is 0.367 e. The van der Waals surface area contributed by atoms with E-state index in [1.165, 1.54) is 12.1 Å². The van der Waals surface area contributed by atoms with Crippen LogP contribution in [0.25, 0.3) is 6.08 Å². The molecular weight excluding hydrogens is 485 g/mol. The third-order valence-electron chi connectivity index (χ3n) is 4.71. The summed E-state index contributed by atoms with van der Waals surface area (Å²) < 4.78 is 39.0. The molecule has 2 aromatic carbocycles. The third-order valence-corrected chi connectivity index (χ3v) is 6.02. The maximum absolute atomic E-state index is 13.0. The van der Waals surface area contributed by atoms with Crippen LogP contribution < -0.4 is 10.6 Å². The van der Waals surface area contributed by atoms with Crippen LogP contribution in [-0.4, -0.2) is 29.8 Å². The van der Waals surface area contributed by atoms with Crippen molar-refractivity contribution < 1.29 is 18.0 Å². The Balaban J connectivity index is 1.42. The molecule has 2 N–H and O–H groups in total. The minimum absolute atomic E-state index is 0.00512. The monoisotopic (exact) mass is 502 g/mol. The number of hydrogen-bond donors (Lipinski definition) is 2. The topological polar surface area (TPSA) is 66.4 Å². The minimum Gasteiger partial charge on any atom is -0.367 e. The predicted octanol–water partition coefficient (Wildman–Crippen LogP) is 5.91. The number of amides is 1. The van der Waals surface area contributed by atoms with E-state index in [1.807, 2.05) is 36.4 Å². The second-order valence-corrected chi connectivity index (χ2v) is 8.78. The SMILES string of the molecule is O=C(C=Cc1cccc(Sc2ccnc(C3=NCCN3)c2)c1)Nc1ccc(Cl)c(C(F)(F)F)c1. The van der Waals surface area contributed by atoms with Crippen molar-refractivity contribution in [3.05, 3.63) is 88.7 Å². The summed E-state index contributed by atoms with van der Waals surface area (Å²) in [5, 5.41) is 5.20. The van der Waals surface area contributed by atoms with Crippen molar-refractivity contribution >= 4 is 46.9 Å². The molecule has 0 aliphatic carbocycles. The van der Waals surface area contributed by atoms with E-state index in [2.05, 4.69) is 20.6 Å². The number of aromatic nitrogens is 1. The molecule has 0 fully saturated rings. The number of amidine groups is 1. The van der Waals surface area contributed by atoms with Gasteiger partial charge in [0.2, 0.25) is 5.91 Å². The molecule has 34 heavy (non-hydrogen) atoms. The van der Waals surface area contributed by atoms with Crippen molar-refractivity contribution in [1.82, 2.24) is 10.3 Å². The van der Waals surface area contributed by atoms with E-state index in [-0.39, 0.29) is 5.69 Å². The van der Waals surface area contributed by atoms with Gasteiger partial charge < -0.3 is 10.6 Å². The first-order chi connectivity index (χ1) is 16.3. The van der Waals surface area contributed by atoms with Gasteiger partial charge >= 0.3 is 6.18 Å². The van der Waals surface area contributed by atoms with Crippen LogP contribution in [0.15, 0.2) is 81.7 Å². The number of hydrogen-bond acceptors (Lipinski definition) is 5. The Kier molecular flexibility index (Phi) is 7.23. The molecule has 174 valence electrons. The lowest BCUT2D eigenvalue weighted by molar-refractivity contribution is -0.137. The summed E-state index contributed by atoms with van der Waals surface area (Å²) >= 11 is 7.15. The maximum Gasteiger partial charge on any atom is 0.417 e. The summed E-state index contributed by atoms with van der Waals surface area (Å²) in [6, 6.07) is 14.6. The molecule has 0 saturated heterocycles. The number of pyridine rings is 1. The van der Waals surface area contributed by atoms with Gasteiger partial charge in [-0.1, -0.05) is 35.5 Å². The molecule has 10 heteroatoms. The highest BCUT2D eigenvalue weighted by molar-refractivity contribution is 7.99. The third kappa shape index (κ3) is 6.18. The summed E-state index contributed by atoms with van der Waals surface area (Å²) in [5.41, 5.74) is 0.552. The van der Waals surface area contributed by atoms with Crippen molar-refractivity contribution in [2.45, 2.75) is 16.0 Å². The first kappa shape index (κ1) is 23.8. The van der Waals surface area contributed by atoms with Crippen molar-refractivity contribution in [2.75, 3.05) is 18.4 Å². The van der Waals surface area contributed by atoms with Gasteiger partial charge in [0, 0.05) is 34.3 Å². The molecule has 0 atom stereocenters. The zero-order valence-corrected chi connectivity index (χ0v) is 19.1. The number of nitrogens with zero attached hydrogens (tertiary/aromatic N) is 2. The van der Waals surface area contributed by atoms with E-state index in [4.69, 9.17) is 11.6 Å². The number of carbonyl (C=O) groups is 1. The van der Waals surface area contributed by atoms with Gasteiger partial charge in [-0.2, -0.15) is 13.2 Å². The molecule has 2 heterocycles. The van der Waals surface area contributed by atoms with Gasteiger partial charge in [0.15, 0.2) is 0 Å². The summed E-state index contributed by atoms with van der Waals surface area (Å²) in [6.07, 6.45) is -0.0209. The maximum atomic E-state index is 13.0. The summed E-state index contributed by atoms with van der Waals surface area (Å²) in [7, 11) is 0. The number of aliphatic imine (C=N–C) groups is 1. The van der Waals surface area contributed by atoms with Crippen molar-refractivity contribution in [1.29, 1.82) is 0 Å². The van der Waals surface area contributed by atoms with Gasteiger partial charge in [0.1, 0.15) is 11.5 Å². The van der Waals surface area contributed by atoms with Crippen LogP contribution in [0.3, 0.4) is 0 Å². The summed E-state index contributed by atoms with van der Waals surface area (Å²) in [6.45, 7) is 1.54. The molecular formula is C24H18ClF3N4OS. The molecule has 0 radical (unpaired) electrons. The van der Waals surface area contributed by atoms with E-state index in [9.17, 15) is 18.0 Å². The molecule has 1 amide bonds. The number of carbonyl (C=O) groups excluding carboxylic acids is 1. The summed E-state index contributed by atoms with van der Waals surface area (Å²) in [5.74, 6) is 0.227. The van der Waals surface area contributed by atoms with E-state index in [0.717, 1.165) is 52.1 Å². The Morgan fingerprint density at radius 3 is 2.71 bits per heavy atom. The van der Waals surface area contributed by atoms with Gasteiger partial charge in [-0.05, 0) is 54.1 Å². The lowest BCUT2D eigenvalue weighted by Gasteiger charge is -2.11. The zero-order valence-electron chi connectivity index (χ0n) is 17.6. The minimum atomic E-state index is -4.61. The Bertz CT molecular complexity index is 1280. The first-order valence-electron chi connectivity index (χ1n) is 10.2. The second-order valence-electron chi connectivity index (χ2n) is 7.22. The number of benzene rings is 2. The summed E-state index contributed by atoms with van der Waals surface area (Å²) in [4.78, 5) is 22.9. The largest absolute Gasteiger partial charge is 0.417 e. The number of anilines is 1. The van der Waals surface area contributed by atoms with Gasteiger partial charge in [0.05, 0.1) is 17.1 Å². The fourth-order valence-corrected chi connectivity index (χ4v) is 4.31. The molecule has 1 aromatic heterocycles. The fourth-order valence-electron chi connectivity index (χ4n) is 3.17. The molecule has 0 spiro atoms. The average Bonchev–Trinajstić information content (AvgIpc) is 3.34. The highest BCUT2D eigenvalue weighted by Gasteiger charge is 2.33. The van der Waals surface area contributed by atoms with Crippen LogP contribution in [0.2, 0.25) is 5.02 Å². The molecule has 5 nitrogen and oxygen atoms in total. The second kappa shape index (κ2) is 10.3. The number of alkyl halides is 3. The highest BCUT2D eigenvalue weighted by Crippen LogP contribution is 2.36. The zero-order chi connectivity index (χ0) is 24.1. The van der Waals surface area contributed by atoms with Crippen LogP contribution in [0.1, 0.15) is 16.8 Å². The lowest BCUT2D eigenvalue weighted by Crippen LogP contribution is -2.20. The average molecular weight is 503 g/mol. The Morgan fingerprint density at radius 2 is 1.94 bits per heavy atom. The Morgan fingerprint density at radius 1 is 1.12 bits per heavy atom. The Labute approximate surface area is 203 Å². The van der Waals surface area contributed by atoms with Crippen LogP contribution >= 0.6 is 23.4 Å². The van der Waals surface area contributed by atoms with Crippen LogP contribution in [-0.2, 0) is 11.0 Å². The number of halogens is 4. The van der Waals surface area contributed by atoms with E-state index >= 15 is 0 Å². The van der Waals surface area contributed by atoms with Crippen LogP contribution in [0.4, 0.5) is 18.9 Å². The lowest BCUT2D eigenvalue weighted by atomic mass is 10.2. The molecule has 0 bridgehead atoms. The standard InChI is InChI=1S/C24H18ClF3N4OS/c25-20-6-5-16(13-19(20)24(26,27)28)32-22(33)7-4-15-2-1-3-17(12-15)34-18-8-9-29-21(14-18)23-30-10-11-31-23/h1-9,12-14H,10-11H2,(H,30,31)(H,32,33). The highest BCUT2D eigenvalue weighted by atomic mass is 35.5. The fraction of sp³-hybridized carbons (Fsp3) is 0.125. The van der Waals surface area contributed by atoms with Crippen LogP contribution in [0.5, 0.6) is 0 Å². The predicted molar refractivity (Wildman–Crippen MR) is 128 cm³/mol. The molecule has 0 unspecified atom stereocenters. The van der Waals surface area contributed by atoms with Gasteiger partial charge in [-0.25, -0.2) is 0 Å². The molecule has 1 aliphatic rings.